The summed E-state index contributed by atoms with van der Waals surface area (Å²) >= 11 is 0. The minimum atomic E-state index is -2.82. The lowest BCUT2D eigenvalue weighted by Crippen LogP contribution is -2.45. The van der Waals surface area contributed by atoms with Gasteiger partial charge in [0.05, 0.1) is 11.0 Å². The summed E-state index contributed by atoms with van der Waals surface area (Å²) in [4.78, 5) is 0. The molecule has 1 aliphatic rings. The molecule has 4 heteroatoms. The Kier molecular flexibility index (Phi) is 3.02. The quantitative estimate of drug-likeness (QED) is 0.689. The van der Waals surface area contributed by atoms with Crippen LogP contribution in [-0.2, 0) is 9.84 Å². The SMILES string of the molecule is CC(C)(C)CC1CNCCS1(=O)=O. The van der Waals surface area contributed by atoms with Crippen molar-refractivity contribution in [1.82, 2.24) is 5.32 Å². The molecule has 1 aliphatic heterocycles. The molecule has 0 radical (unpaired) electrons. The van der Waals surface area contributed by atoms with E-state index in [0.717, 1.165) is 6.42 Å². The van der Waals surface area contributed by atoms with E-state index in [-0.39, 0.29) is 10.7 Å². The number of rotatable bonds is 1. The molecule has 0 aromatic heterocycles. The first kappa shape index (κ1) is 11.0. The molecule has 1 heterocycles. The highest BCUT2D eigenvalue weighted by Gasteiger charge is 2.31. The minimum Gasteiger partial charge on any atom is -0.314 e. The summed E-state index contributed by atoms with van der Waals surface area (Å²) in [6.45, 7) is 7.48. The van der Waals surface area contributed by atoms with Gasteiger partial charge < -0.3 is 5.32 Å². The summed E-state index contributed by atoms with van der Waals surface area (Å²) in [6, 6.07) is 0. The van der Waals surface area contributed by atoms with Crippen LogP contribution in [0.1, 0.15) is 27.2 Å². The van der Waals surface area contributed by atoms with E-state index in [1.54, 1.807) is 0 Å². The zero-order valence-corrected chi connectivity index (χ0v) is 9.45. The van der Waals surface area contributed by atoms with Crippen LogP contribution in [0.25, 0.3) is 0 Å². The second kappa shape index (κ2) is 3.58. The Morgan fingerprint density at radius 3 is 2.46 bits per heavy atom. The summed E-state index contributed by atoms with van der Waals surface area (Å²) in [6.07, 6.45) is 0.752. The highest BCUT2D eigenvalue weighted by molar-refractivity contribution is 7.92. The van der Waals surface area contributed by atoms with Crippen LogP contribution < -0.4 is 5.32 Å². The first-order chi connectivity index (χ1) is 5.81. The van der Waals surface area contributed by atoms with Crippen LogP contribution in [0.3, 0.4) is 0 Å². The molecular weight excluding hydrogens is 186 g/mol. The van der Waals surface area contributed by atoms with E-state index >= 15 is 0 Å². The predicted octanol–water partition coefficient (Wildman–Crippen LogP) is 0.809. The van der Waals surface area contributed by atoms with E-state index < -0.39 is 9.84 Å². The molecule has 1 unspecified atom stereocenters. The van der Waals surface area contributed by atoms with Gasteiger partial charge in [0.15, 0.2) is 9.84 Å². The summed E-state index contributed by atoms with van der Waals surface area (Å²) in [7, 11) is -2.82. The zero-order chi connectivity index (χ0) is 10.1. The summed E-state index contributed by atoms with van der Waals surface area (Å²) in [5, 5.41) is 2.95. The van der Waals surface area contributed by atoms with Crippen LogP contribution in [0.4, 0.5) is 0 Å². The fourth-order valence-corrected chi connectivity index (χ4v) is 3.54. The number of nitrogens with one attached hydrogen (secondary N) is 1. The van der Waals surface area contributed by atoms with Crippen LogP contribution in [0.15, 0.2) is 0 Å². The third-order valence-electron chi connectivity index (χ3n) is 2.28. The van der Waals surface area contributed by atoms with Crippen LogP contribution in [0, 0.1) is 5.41 Å². The molecule has 0 saturated carbocycles. The van der Waals surface area contributed by atoms with E-state index in [1.165, 1.54) is 0 Å². The molecule has 0 bridgehead atoms. The molecule has 1 saturated heterocycles. The van der Waals surface area contributed by atoms with Gasteiger partial charge in [-0.2, -0.15) is 0 Å². The number of sulfone groups is 1. The molecular formula is C9H19NO2S. The van der Waals surface area contributed by atoms with Gasteiger partial charge in [0.1, 0.15) is 0 Å². The van der Waals surface area contributed by atoms with Crippen molar-refractivity contribution in [1.29, 1.82) is 0 Å². The second-order valence-corrected chi connectivity index (χ2v) is 7.36. The Morgan fingerprint density at radius 1 is 1.38 bits per heavy atom. The smallest absolute Gasteiger partial charge is 0.155 e. The molecule has 3 nitrogen and oxygen atoms in total. The molecule has 1 fully saturated rings. The van der Waals surface area contributed by atoms with Gasteiger partial charge in [-0.15, -0.1) is 0 Å². The average Bonchev–Trinajstić information content (AvgIpc) is 1.91. The molecule has 78 valence electrons. The van der Waals surface area contributed by atoms with E-state index in [2.05, 4.69) is 26.1 Å². The highest BCUT2D eigenvalue weighted by Crippen LogP contribution is 2.25. The molecule has 0 aromatic rings. The van der Waals surface area contributed by atoms with Gasteiger partial charge in [-0.25, -0.2) is 8.42 Å². The van der Waals surface area contributed by atoms with Crippen molar-refractivity contribution in [2.45, 2.75) is 32.4 Å². The van der Waals surface area contributed by atoms with Crippen LogP contribution >= 0.6 is 0 Å². The lowest BCUT2D eigenvalue weighted by molar-refractivity contribution is 0.356. The van der Waals surface area contributed by atoms with E-state index in [4.69, 9.17) is 0 Å². The third kappa shape index (κ3) is 3.27. The topological polar surface area (TPSA) is 46.2 Å². The van der Waals surface area contributed by atoms with Crippen molar-refractivity contribution < 1.29 is 8.42 Å². The fourth-order valence-electron chi connectivity index (χ4n) is 1.65. The van der Waals surface area contributed by atoms with Crippen molar-refractivity contribution in [3.05, 3.63) is 0 Å². The van der Waals surface area contributed by atoms with Gasteiger partial charge >= 0.3 is 0 Å². The Bertz CT molecular complexity index is 264. The van der Waals surface area contributed by atoms with Crippen molar-refractivity contribution >= 4 is 9.84 Å². The maximum absolute atomic E-state index is 11.6. The second-order valence-electron chi connectivity index (χ2n) is 4.96. The molecule has 1 atom stereocenters. The van der Waals surface area contributed by atoms with Gasteiger partial charge in [-0.05, 0) is 11.8 Å². The third-order valence-corrected chi connectivity index (χ3v) is 4.41. The summed E-state index contributed by atoms with van der Waals surface area (Å²) < 4.78 is 23.2. The number of hydrogen-bond donors (Lipinski definition) is 1. The molecule has 0 aromatic carbocycles. The van der Waals surface area contributed by atoms with Crippen molar-refractivity contribution in [2.75, 3.05) is 18.8 Å². The van der Waals surface area contributed by atoms with E-state index in [9.17, 15) is 8.42 Å². The van der Waals surface area contributed by atoms with Gasteiger partial charge in [0.2, 0.25) is 0 Å². The Balaban J connectivity index is 2.68. The maximum Gasteiger partial charge on any atom is 0.155 e. The summed E-state index contributed by atoms with van der Waals surface area (Å²) in [5.41, 5.74) is 0.0940. The number of hydrogen-bond acceptors (Lipinski definition) is 3. The molecule has 0 aliphatic carbocycles. The van der Waals surface area contributed by atoms with E-state index in [1.807, 2.05) is 0 Å². The van der Waals surface area contributed by atoms with Gasteiger partial charge in [0, 0.05) is 13.1 Å². The standard InChI is InChI=1S/C9H19NO2S/c1-9(2,3)6-8-7-10-4-5-13(8,11)12/h8,10H,4-7H2,1-3H3. The Morgan fingerprint density at radius 2 is 2.00 bits per heavy atom. The monoisotopic (exact) mass is 205 g/mol. The van der Waals surface area contributed by atoms with Gasteiger partial charge in [-0.3, -0.25) is 0 Å². The fraction of sp³-hybridized carbons (Fsp3) is 1.00. The molecule has 13 heavy (non-hydrogen) atoms. The van der Waals surface area contributed by atoms with Crippen molar-refractivity contribution in [3.63, 3.8) is 0 Å². The molecule has 1 rings (SSSR count). The van der Waals surface area contributed by atoms with Crippen LogP contribution in [0.2, 0.25) is 0 Å². The van der Waals surface area contributed by atoms with E-state index in [0.29, 0.717) is 18.8 Å². The Labute approximate surface area is 80.8 Å². The highest BCUT2D eigenvalue weighted by atomic mass is 32.2. The van der Waals surface area contributed by atoms with Crippen LogP contribution in [0.5, 0.6) is 0 Å². The summed E-state index contributed by atoms with van der Waals surface area (Å²) in [5.74, 6) is 0.299. The maximum atomic E-state index is 11.6. The Hall–Kier alpha value is -0.0900. The van der Waals surface area contributed by atoms with Crippen molar-refractivity contribution in [2.24, 2.45) is 5.41 Å². The minimum absolute atomic E-state index is 0.0940. The van der Waals surface area contributed by atoms with Crippen molar-refractivity contribution in [3.8, 4) is 0 Å². The predicted molar refractivity (Wildman–Crippen MR) is 54.5 cm³/mol. The van der Waals surface area contributed by atoms with Crippen LogP contribution in [-0.4, -0.2) is 32.5 Å². The first-order valence-corrected chi connectivity index (χ1v) is 6.45. The van der Waals surface area contributed by atoms with Gasteiger partial charge in [-0.1, -0.05) is 20.8 Å². The lowest BCUT2D eigenvalue weighted by atomic mass is 9.90. The zero-order valence-electron chi connectivity index (χ0n) is 8.63. The largest absolute Gasteiger partial charge is 0.314 e. The van der Waals surface area contributed by atoms with Gasteiger partial charge in [0.25, 0.3) is 0 Å². The molecule has 1 N–H and O–H groups in total. The lowest BCUT2D eigenvalue weighted by Gasteiger charge is -2.29. The first-order valence-electron chi connectivity index (χ1n) is 4.73. The average molecular weight is 205 g/mol. The molecule has 0 spiro atoms. The normalized spacial score (nSPS) is 28.7. The molecule has 0 amide bonds.